The van der Waals surface area contributed by atoms with Crippen molar-refractivity contribution in [2.75, 3.05) is 26.7 Å². The van der Waals surface area contributed by atoms with Gasteiger partial charge in [0.25, 0.3) is 0 Å². The molecule has 27 heavy (non-hydrogen) atoms. The smallest absolute Gasteiger partial charge is 0.338 e. The predicted molar refractivity (Wildman–Crippen MR) is 96.4 cm³/mol. The molecule has 144 valence electrons. The highest BCUT2D eigenvalue weighted by molar-refractivity contribution is 5.92. The van der Waals surface area contributed by atoms with Crippen LogP contribution in [0.1, 0.15) is 34.3 Å². The van der Waals surface area contributed by atoms with Crippen molar-refractivity contribution in [1.29, 1.82) is 0 Å². The Morgan fingerprint density at radius 3 is 2.48 bits per heavy atom. The zero-order chi connectivity index (χ0) is 19.6. The third-order valence-electron chi connectivity index (χ3n) is 5.40. The number of benzene rings is 1. The van der Waals surface area contributed by atoms with Gasteiger partial charge in [-0.05, 0) is 48.6 Å². The average molecular weight is 374 g/mol. The molecule has 0 unspecified atom stereocenters. The van der Waals surface area contributed by atoms with Crippen molar-refractivity contribution in [2.45, 2.75) is 25.8 Å². The van der Waals surface area contributed by atoms with Crippen molar-refractivity contribution in [2.24, 2.45) is 5.92 Å². The lowest BCUT2D eigenvalue weighted by molar-refractivity contribution is -0.140. The molecule has 1 aromatic carbocycles. The van der Waals surface area contributed by atoms with Crippen molar-refractivity contribution in [1.82, 2.24) is 9.80 Å². The number of carbonyl (C=O) groups excluding carboxylic acids is 3. The lowest BCUT2D eigenvalue weighted by Gasteiger charge is -2.36. The van der Waals surface area contributed by atoms with Gasteiger partial charge in [0.15, 0.2) is 0 Å². The van der Waals surface area contributed by atoms with Crippen molar-refractivity contribution in [3.63, 3.8) is 0 Å². The van der Waals surface area contributed by atoms with Gasteiger partial charge in [-0.15, -0.1) is 0 Å². The van der Waals surface area contributed by atoms with E-state index < -0.39 is 5.97 Å². The summed E-state index contributed by atoms with van der Waals surface area (Å²) < 4.78 is 18.9. The van der Waals surface area contributed by atoms with E-state index >= 15 is 0 Å². The van der Waals surface area contributed by atoms with Gasteiger partial charge in [-0.25, -0.2) is 9.18 Å². The number of esters is 1. The van der Waals surface area contributed by atoms with Gasteiger partial charge < -0.3 is 14.5 Å². The molecule has 0 radical (unpaired) electrons. The molecule has 2 amide bonds. The Bertz CT molecular complexity index is 784. The van der Waals surface area contributed by atoms with Gasteiger partial charge in [0, 0.05) is 32.1 Å². The van der Waals surface area contributed by atoms with E-state index in [0.29, 0.717) is 55.6 Å². The summed E-state index contributed by atoms with van der Waals surface area (Å²) in [7, 11) is 1.28. The molecule has 3 rings (SSSR count). The number of ether oxygens (including phenoxy) is 1. The second-order valence-electron chi connectivity index (χ2n) is 6.86. The zero-order valence-corrected chi connectivity index (χ0v) is 15.4. The molecule has 0 saturated carbocycles. The van der Waals surface area contributed by atoms with Crippen molar-refractivity contribution in [3.8, 4) is 0 Å². The van der Waals surface area contributed by atoms with Crippen LogP contribution >= 0.6 is 0 Å². The fourth-order valence-corrected chi connectivity index (χ4v) is 3.86. The number of fused-ring (bicyclic) bond motifs is 1. The number of nitrogens with zero attached hydrogens (tertiary/aromatic N) is 2. The molecular formula is C20H23FN2O4. The lowest BCUT2D eigenvalue weighted by atomic mass is 9.91. The molecule has 0 N–H and O–H groups in total. The highest BCUT2D eigenvalue weighted by Crippen LogP contribution is 2.28. The molecule has 1 aromatic rings. The number of methoxy groups -OCH3 is 1. The van der Waals surface area contributed by atoms with Gasteiger partial charge in [0.05, 0.1) is 12.7 Å². The highest BCUT2D eigenvalue weighted by atomic mass is 19.1. The summed E-state index contributed by atoms with van der Waals surface area (Å²) in [6, 6.07) is 2.68. The molecule has 2 aliphatic heterocycles. The largest absolute Gasteiger partial charge is 0.465 e. The van der Waals surface area contributed by atoms with Crippen LogP contribution < -0.4 is 0 Å². The Labute approximate surface area is 157 Å². The minimum absolute atomic E-state index is 0.00794. The fourth-order valence-electron chi connectivity index (χ4n) is 3.86. The Balaban J connectivity index is 1.73. The quantitative estimate of drug-likeness (QED) is 0.599. The number of piperidine rings is 1. The van der Waals surface area contributed by atoms with Gasteiger partial charge in [0.2, 0.25) is 11.8 Å². The first kappa shape index (κ1) is 19.1. The van der Waals surface area contributed by atoms with Crippen molar-refractivity contribution >= 4 is 17.8 Å². The predicted octanol–water partition coefficient (Wildman–Crippen LogP) is 1.92. The molecule has 2 aliphatic rings. The average Bonchev–Trinajstić information content (AvgIpc) is 2.72. The first-order valence-electron chi connectivity index (χ1n) is 9.05. The summed E-state index contributed by atoms with van der Waals surface area (Å²) in [5, 5.41) is 0. The fraction of sp³-hybridized carbons (Fsp3) is 0.450. The summed E-state index contributed by atoms with van der Waals surface area (Å²) in [6.07, 6.45) is 2.84. The molecule has 0 aliphatic carbocycles. The topological polar surface area (TPSA) is 66.9 Å². The molecule has 6 nitrogen and oxygen atoms in total. The minimum Gasteiger partial charge on any atom is -0.465 e. The van der Waals surface area contributed by atoms with E-state index in [1.165, 1.54) is 25.3 Å². The van der Waals surface area contributed by atoms with Crippen molar-refractivity contribution in [3.05, 3.63) is 47.3 Å². The SMILES string of the molecule is C=CC(=O)N1CCC(C(=O)N2CCc3c(F)ccc(C(=O)OC)c3C2)CC1. The van der Waals surface area contributed by atoms with Crippen LogP contribution in [0.5, 0.6) is 0 Å². The maximum Gasteiger partial charge on any atom is 0.338 e. The number of hydrogen-bond donors (Lipinski definition) is 0. The first-order valence-corrected chi connectivity index (χ1v) is 9.05. The number of halogens is 1. The van der Waals surface area contributed by atoms with E-state index in [1.54, 1.807) is 9.80 Å². The Hall–Kier alpha value is -2.70. The summed E-state index contributed by atoms with van der Waals surface area (Å²) in [4.78, 5) is 40.0. The monoisotopic (exact) mass is 374 g/mol. The van der Waals surface area contributed by atoms with Gasteiger partial charge in [-0.2, -0.15) is 0 Å². The number of hydrogen-bond acceptors (Lipinski definition) is 4. The molecule has 2 heterocycles. The molecular weight excluding hydrogens is 351 g/mol. The van der Waals surface area contributed by atoms with E-state index in [0.717, 1.165) is 0 Å². The second-order valence-corrected chi connectivity index (χ2v) is 6.86. The first-order chi connectivity index (χ1) is 13.0. The summed E-state index contributed by atoms with van der Waals surface area (Å²) >= 11 is 0. The molecule has 0 atom stereocenters. The number of carbonyl (C=O) groups is 3. The highest BCUT2D eigenvalue weighted by Gasteiger charge is 2.33. The third-order valence-corrected chi connectivity index (χ3v) is 5.40. The number of likely N-dealkylation sites (tertiary alicyclic amines) is 1. The zero-order valence-electron chi connectivity index (χ0n) is 15.4. The normalized spacial score (nSPS) is 17.3. The summed E-state index contributed by atoms with van der Waals surface area (Å²) in [5.74, 6) is -1.19. The van der Waals surface area contributed by atoms with E-state index in [4.69, 9.17) is 4.74 Å². The van der Waals surface area contributed by atoms with Gasteiger partial charge in [-0.3, -0.25) is 9.59 Å². The Kier molecular flexibility index (Phi) is 5.58. The van der Waals surface area contributed by atoms with Crippen LogP contribution in [0.4, 0.5) is 4.39 Å². The van der Waals surface area contributed by atoms with E-state index in [9.17, 15) is 18.8 Å². The van der Waals surface area contributed by atoms with Crippen LogP contribution in [0.3, 0.4) is 0 Å². The van der Waals surface area contributed by atoms with Crippen LogP contribution in [0.25, 0.3) is 0 Å². The van der Waals surface area contributed by atoms with Crippen LogP contribution in [-0.2, 0) is 27.3 Å². The lowest BCUT2D eigenvalue weighted by Crippen LogP contribution is -2.45. The molecule has 0 aromatic heterocycles. The molecule has 7 heteroatoms. The molecule has 1 saturated heterocycles. The van der Waals surface area contributed by atoms with E-state index in [1.807, 2.05) is 0 Å². The maximum atomic E-state index is 14.2. The van der Waals surface area contributed by atoms with E-state index in [-0.39, 0.29) is 30.1 Å². The molecule has 0 spiro atoms. The molecule has 1 fully saturated rings. The Morgan fingerprint density at radius 1 is 1.15 bits per heavy atom. The Morgan fingerprint density at radius 2 is 1.85 bits per heavy atom. The number of rotatable bonds is 3. The molecule has 0 bridgehead atoms. The van der Waals surface area contributed by atoms with Crippen molar-refractivity contribution < 1.29 is 23.5 Å². The van der Waals surface area contributed by atoms with Gasteiger partial charge in [0.1, 0.15) is 5.82 Å². The standard InChI is InChI=1S/C20H23FN2O4/c1-3-18(24)22-9-6-13(7-10-22)19(25)23-11-8-14-16(12-23)15(20(26)27-2)4-5-17(14)21/h3-5,13H,1,6-12H2,2H3. The van der Waals surface area contributed by atoms with Crippen LogP contribution in [0, 0.1) is 11.7 Å². The minimum atomic E-state index is -0.531. The number of amides is 2. The van der Waals surface area contributed by atoms with Crippen LogP contribution in [0.2, 0.25) is 0 Å². The van der Waals surface area contributed by atoms with Gasteiger partial charge in [-0.1, -0.05) is 6.58 Å². The van der Waals surface area contributed by atoms with E-state index in [2.05, 4.69) is 6.58 Å². The maximum absolute atomic E-state index is 14.2. The summed E-state index contributed by atoms with van der Waals surface area (Å²) in [6.45, 7) is 5.14. The van der Waals surface area contributed by atoms with Crippen LogP contribution in [-0.4, -0.2) is 54.3 Å². The second kappa shape index (κ2) is 7.90. The van der Waals surface area contributed by atoms with Gasteiger partial charge >= 0.3 is 5.97 Å². The van der Waals surface area contributed by atoms with Crippen LogP contribution in [0.15, 0.2) is 24.8 Å². The third kappa shape index (κ3) is 3.72. The summed E-state index contributed by atoms with van der Waals surface area (Å²) in [5.41, 5.74) is 1.31.